The van der Waals surface area contributed by atoms with Crippen LogP contribution in [0.2, 0.25) is 0 Å². The summed E-state index contributed by atoms with van der Waals surface area (Å²) >= 11 is 0. The van der Waals surface area contributed by atoms with E-state index in [1.165, 1.54) is 12.1 Å². The van der Waals surface area contributed by atoms with Gasteiger partial charge >= 0.3 is 5.97 Å². The summed E-state index contributed by atoms with van der Waals surface area (Å²) in [5.41, 5.74) is 5.99. The Kier molecular flexibility index (Phi) is 6.86. The predicted octanol–water partition coefficient (Wildman–Crippen LogP) is 4.94. The lowest BCUT2D eigenvalue weighted by Gasteiger charge is -2.31. The van der Waals surface area contributed by atoms with E-state index in [4.69, 9.17) is 0 Å². The summed E-state index contributed by atoms with van der Waals surface area (Å²) in [6, 6.07) is 20.2. The van der Waals surface area contributed by atoms with Gasteiger partial charge in [-0.25, -0.2) is 4.79 Å². The number of carbonyl (C=O) groups excluding carboxylic acids is 2. The van der Waals surface area contributed by atoms with E-state index in [0.29, 0.717) is 35.6 Å². The Balaban J connectivity index is 1.29. The van der Waals surface area contributed by atoms with Crippen molar-refractivity contribution in [1.82, 2.24) is 4.90 Å². The van der Waals surface area contributed by atoms with E-state index in [1.54, 1.807) is 6.07 Å². The van der Waals surface area contributed by atoms with Crippen molar-refractivity contribution in [2.45, 2.75) is 26.2 Å². The number of hydrogen-bond donors (Lipinski definition) is 3. The lowest BCUT2D eigenvalue weighted by Crippen LogP contribution is -2.42. The highest BCUT2D eigenvalue weighted by molar-refractivity contribution is 6.37. The van der Waals surface area contributed by atoms with Crippen molar-refractivity contribution in [1.29, 1.82) is 0 Å². The van der Waals surface area contributed by atoms with Crippen LogP contribution in [-0.2, 0) is 16.0 Å². The lowest BCUT2D eigenvalue weighted by atomic mass is 9.99. The van der Waals surface area contributed by atoms with Crippen molar-refractivity contribution < 1.29 is 19.5 Å². The fraction of sp³-hybridized carbons (Fsp3) is 0.281. The van der Waals surface area contributed by atoms with Gasteiger partial charge in [-0.15, -0.1) is 0 Å². The molecule has 0 atom stereocenters. The van der Waals surface area contributed by atoms with Gasteiger partial charge < -0.3 is 20.6 Å². The second-order valence-corrected chi connectivity index (χ2v) is 10.9. The van der Waals surface area contributed by atoms with Gasteiger partial charge in [0, 0.05) is 23.5 Å². The third-order valence-corrected chi connectivity index (χ3v) is 8.10. The number of carbonyl (C=O) groups is 3. The molecule has 3 heterocycles. The maximum atomic E-state index is 13.2. The number of amides is 2. The molecule has 0 radical (unpaired) electrons. The minimum atomic E-state index is -1.05. The Morgan fingerprint density at radius 2 is 1.75 bits per heavy atom. The van der Waals surface area contributed by atoms with Crippen molar-refractivity contribution in [3.63, 3.8) is 0 Å². The number of piperidine rings is 1. The average molecular weight is 537 g/mol. The Bertz CT molecular complexity index is 1520. The van der Waals surface area contributed by atoms with Crippen LogP contribution in [0.15, 0.2) is 66.7 Å². The molecular formula is C32H32N4O4. The number of likely N-dealkylation sites (tertiary alicyclic amines) is 1. The van der Waals surface area contributed by atoms with Crippen molar-refractivity contribution in [3.05, 3.63) is 89.0 Å². The van der Waals surface area contributed by atoms with Crippen LogP contribution in [0.1, 0.15) is 46.8 Å². The third kappa shape index (κ3) is 4.98. The first-order chi connectivity index (χ1) is 19.4. The molecule has 6 rings (SSSR count). The zero-order chi connectivity index (χ0) is 27.8. The number of anilines is 3. The molecule has 3 aliphatic heterocycles. The normalized spacial score (nSPS) is 18.2. The van der Waals surface area contributed by atoms with Gasteiger partial charge in [0.2, 0.25) is 5.91 Å². The van der Waals surface area contributed by atoms with Crippen molar-refractivity contribution >= 4 is 46.1 Å². The smallest absolute Gasteiger partial charge is 0.335 e. The van der Waals surface area contributed by atoms with Crippen LogP contribution in [0.3, 0.4) is 0 Å². The Hall–Kier alpha value is -4.43. The average Bonchev–Trinajstić information content (AvgIpc) is 3.53. The quantitative estimate of drug-likeness (QED) is 0.386. The molecule has 204 valence electrons. The molecule has 40 heavy (non-hydrogen) atoms. The lowest BCUT2D eigenvalue weighted by molar-refractivity contribution is -0.120. The summed E-state index contributed by atoms with van der Waals surface area (Å²) in [4.78, 5) is 42.0. The number of nitrogens with one attached hydrogen (secondary N) is 2. The van der Waals surface area contributed by atoms with E-state index < -0.39 is 5.97 Å². The minimum absolute atomic E-state index is 0.113. The maximum absolute atomic E-state index is 13.2. The molecule has 3 aliphatic rings. The molecule has 2 amide bonds. The first-order valence-electron chi connectivity index (χ1n) is 13.8. The van der Waals surface area contributed by atoms with Crippen LogP contribution in [0.5, 0.6) is 0 Å². The molecule has 1 saturated heterocycles. The second kappa shape index (κ2) is 10.6. The topological polar surface area (TPSA) is 102 Å². The van der Waals surface area contributed by atoms with Crippen LogP contribution in [0, 0.1) is 5.92 Å². The number of carboxylic acids is 1. The van der Waals surface area contributed by atoms with Gasteiger partial charge in [-0.1, -0.05) is 43.3 Å². The highest BCUT2D eigenvalue weighted by Crippen LogP contribution is 2.39. The van der Waals surface area contributed by atoms with Gasteiger partial charge in [0.15, 0.2) is 0 Å². The number of benzene rings is 3. The minimum Gasteiger partial charge on any atom is -0.478 e. The SMILES string of the molecule is CC1CCN(CC(=O)N2CCc3cc(N/C(=C4\C(=O)Nc5cc(C(=O)O)ccc54)c4ccccc4)ccc32)CC1. The first-order valence-corrected chi connectivity index (χ1v) is 13.8. The van der Waals surface area contributed by atoms with Crippen LogP contribution in [-0.4, -0.2) is 54.0 Å². The molecule has 3 aromatic rings. The standard InChI is InChI=1S/C32H32N4O4/c1-20-11-14-35(15-12-20)19-28(37)36-16-13-22-17-24(8-10-27(22)36)33-30(21-5-3-2-4-6-21)29-25-9-7-23(32(39)40)18-26(25)34-31(29)38/h2-10,17-18,20,33H,11-16,19H2,1H3,(H,34,38)(H,39,40)/b30-29-. The summed E-state index contributed by atoms with van der Waals surface area (Å²) in [6.07, 6.45) is 3.05. The van der Waals surface area contributed by atoms with Crippen molar-refractivity contribution in [2.75, 3.05) is 41.7 Å². The van der Waals surface area contributed by atoms with Crippen LogP contribution in [0.4, 0.5) is 17.1 Å². The molecule has 0 bridgehead atoms. The molecule has 3 aromatic carbocycles. The highest BCUT2D eigenvalue weighted by atomic mass is 16.4. The number of hydrogen-bond acceptors (Lipinski definition) is 5. The number of fused-ring (bicyclic) bond motifs is 2. The summed E-state index contributed by atoms with van der Waals surface area (Å²) < 4.78 is 0. The van der Waals surface area contributed by atoms with Crippen molar-refractivity contribution in [2.24, 2.45) is 5.92 Å². The summed E-state index contributed by atoms with van der Waals surface area (Å²) in [7, 11) is 0. The van der Waals surface area contributed by atoms with Crippen molar-refractivity contribution in [3.8, 4) is 0 Å². The molecule has 0 unspecified atom stereocenters. The molecule has 0 aliphatic carbocycles. The van der Waals surface area contributed by atoms with Gasteiger partial charge in [-0.3, -0.25) is 14.5 Å². The molecule has 3 N–H and O–H groups in total. The van der Waals surface area contributed by atoms with E-state index in [2.05, 4.69) is 28.5 Å². The van der Waals surface area contributed by atoms with Crippen LogP contribution in [0.25, 0.3) is 11.3 Å². The zero-order valence-electron chi connectivity index (χ0n) is 22.4. The largest absolute Gasteiger partial charge is 0.478 e. The van der Waals surface area contributed by atoms with Gasteiger partial charge in [0.1, 0.15) is 0 Å². The summed E-state index contributed by atoms with van der Waals surface area (Å²) in [5, 5.41) is 15.7. The third-order valence-electron chi connectivity index (χ3n) is 8.10. The van der Waals surface area contributed by atoms with Crippen LogP contribution < -0.4 is 15.5 Å². The number of carboxylic acid groups (broad SMARTS) is 1. The Labute approximate surface area is 233 Å². The molecule has 0 aromatic heterocycles. The Morgan fingerprint density at radius 1 is 0.975 bits per heavy atom. The summed E-state index contributed by atoms with van der Waals surface area (Å²) in [5.74, 6) is -0.478. The summed E-state index contributed by atoms with van der Waals surface area (Å²) in [6.45, 7) is 5.34. The van der Waals surface area contributed by atoms with E-state index in [-0.39, 0.29) is 17.4 Å². The van der Waals surface area contributed by atoms with Gasteiger partial charge in [0.25, 0.3) is 5.91 Å². The monoisotopic (exact) mass is 536 g/mol. The van der Waals surface area contributed by atoms with E-state index in [9.17, 15) is 19.5 Å². The van der Waals surface area contributed by atoms with Gasteiger partial charge in [0.05, 0.1) is 29.1 Å². The van der Waals surface area contributed by atoms with E-state index >= 15 is 0 Å². The van der Waals surface area contributed by atoms with E-state index in [1.807, 2.05) is 47.4 Å². The highest BCUT2D eigenvalue weighted by Gasteiger charge is 2.30. The molecule has 0 spiro atoms. The van der Waals surface area contributed by atoms with E-state index in [0.717, 1.165) is 60.8 Å². The van der Waals surface area contributed by atoms with Gasteiger partial charge in [-0.05, 0) is 79.7 Å². The second-order valence-electron chi connectivity index (χ2n) is 10.9. The molecule has 0 saturated carbocycles. The number of aromatic carboxylic acids is 1. The fourth-order valence-electron chi connectivity index (χ4n) is 5.82. The molecule has 1 fully saturated rings. The Morgan fingerprint density at radius 3 is 2.50 bits per heavy atom. The van der Waals surface area contributed by atoms with Crippen LogP contribution >= 0.6 is 0 Å². The van der Waals surface area contributed by atoms with Gasteiger partial charge in [-0.2, -0.15) is 0 Å². The molecular weight excluding hydrogens is 504 g/mol. The maximum Gasteiger partial charge on any atom is 0.335 e. The fourth-order valence-corrected chi connectivity index (χ4v) is 5.82. The molecule has 8 nitrogen and oxygen atoms in total. The number of nitrogens with zero attached hydrogens (tertiary/aromatic N) is 2. The number of rotatable bonds is 6. The molecule has 8 heteroatoms. The predicted molar refractivity (Wildman–Crippen MR) is 156 cm³/mol. The zero-order valence-corrected chi connectivity index (χ0v) is 22.4. The first kappa shape index (κ1) is 25.8.